The summed E-state index contributed by atoms with van der Waals surface area (Å²) in [4.78, 5) is 6.66. The number of ether oxygens (including phenoxy) is 1. The summed E-state index contributed by atoms with van der Waals surface area (Å²) in [6.45, 7) is 4.73. The van der Waals surface area contributed by atoms with Gasteiger partial charge in [-0.15, -0.1) is 24.8 Å². The Kier molecular flexibility index (Phi) is 9.32. The van der Waals surface area contributed by atoms with E-state index in [1.807, 2.05) is 30.3 Å². The Labute approximate surface area is 165 Å². The summed E-state index contributed by atoms with van der Waals surface area (Å²) in [5.41, 5.74) is 7.83. The van der Waals surface area contributed by atoms with E-state index in [4.69, 9.17) is 22.1 Å². The van der Waals surface area contributed by atoms with Crippen molar-refractivity contribution in [2.75, 3.05) is 31.1 Å². The van der Waals surface area contributed by atoms with Crippen molar-refractivity contribution in [2.45, 2.75) is 13.2 Å². The van der Waals surface area contributed by atoms with Gasteiger partial charge in [-0.05, 0) is 11.1 Å². The summed E-state index contributed by atoms with van der Waals surface area (Å²) in [6.07, 6.45) is 1.73. The number of hydrogen-bond acceptors (Lipinski definition) is 5. The molecule has 8 heteroatoms. The minimum Gasteiger partial charge on any atom is -0.487 e. The van der Waals surface area contributed by atoms with Gasteiger partial charge in [0.2, 0.25) is 0 Å². The van der Waals surface area contributed by atoms with Gasteiger partial charge in [-0.25, -0.2) is 4.98 Å². The average molecular weight is 406 g/mol. The molecule has 0 amide bonds. The predicted molar refractivity (Wildman–Crippen MR) is 107 cm³/mol. The Hall–Kier alpha value is -1.24. The second-order valence-electron chi connectivity index (χ2n) is 5.53. The molecule has 0 atom stereocenters. The van der Waals surface area contributed by atoms with Gasteiger partial charge in [-0.2, -0.15) is 0 Å². The van der Waals surface area contributed by atoms with E-state index in [2.05, 4.69) is 15.2 Å². The number of anilines is 1. The van der Waals surface area contributed by atoms with Crippen molar-refractivity contribution >= 4 is 42.2 Å². The van der Waals surface area contributed by atoms with Crippen molar-refractivity contribution in [1.29, 1.82) is 0 Å². The van der Waals surface area contributed by atoms with Gasteiger partial charge in [-0.1, -0.05) is 35.9 Å². The standard InChI is InChI=1S/C17H21ClN4O.2ClH/c18-16-9-15(11-21-17(16)22-6-4-20-5-7-22)23-12-14-3-1-2-13(8-14)10-19;;/h1-3,8-9,11,20H,4-7,10,12,19H2;2*1H. The van der Waals surface area contributed by atoms with Crippen molar-refractivity contribution in [3.8, 4) is 5.75 Å². The molecule has 3 N–H and O–H groups in total. The maximum Gasteiger partial charge on any atom is 0.147 e. The molecule has 2 aromatic rings. The van der Waals surface area contributed by atoms with Gasteiger partial charge in [0.1, 0.15) is 18.2 Å². The SMILES string of the molecule is Cl.Cl.NCc1cccc(COc2cnc(N3CCNCC3)c(Cl)c2)c1. The first-order chi connectivity index (χ1) is 11.3. The van der Waals surface area contributed by atoms with Crippen LogP contribution >= 0.6 is 36.4 Å². The van der Waals surface area contributed by atoms with Crippen LogP contribution in [-0.4, -0.2) is 31.2 Å². The number of pyridine rings is 1. The molecular formula is C17H23Cl3N4O. The fraction of sp³-hybridized carbons (Fsp3) is 0.353. The molecular weight excluding hydrogens is 383 g/mol. The molecule has 0 saturated carbocycles. The van der Waals surface area contributed by atoms with Crippen LogP contribution in [0, 0.1) is 0 Å². The van der Waals surface area contributed by atoms with Crippen LogP contribution in [-0.2, 0) is 13.2 Å². The minimum atomic E-state index is 0. The van der Waals surface area contributed by atoms with E-state index in [0.29, 0.717) is 23.9 Å². The van der Waals surface area contributed by atoms with Gasteiger partial charge < -0.3 is 20.7 Å². The molecule has 0 aliphatic carbocycles. The molecule has 3 rings (SSSR count). The van der Waals surface area contributed by atoms with Crippen LogP contribution in [0.2, 0.25) is 5.02 Å². The van der Waals surface area contributed by atoms with E-state index in [0.717, 1.165) is 43.1 Å². The molecule has 0 bridgehead atoms. The molecule has 25 heavy (non-hydrogen) atoms. The zero-order chi connectivity index (χ0) is 16.1. The topological polar surface area (TPSA) is 63.4 Å². The van der Waals surface area contributed by atoms with Crippen molar-refractivity contribution in [1.82, 2.24) is 10.3 Å². The van der Waals surface area contributed by atoms with E-state index >= 15 is 0 Å². The van der Waals surface area contributed by atoms with Gasteiger partial charge in [0, 0.05) is 38.8 Å². The third-order valence-corrected chi connectivity index (χ3v) is 4.12. The fourth-order valence-corrected chi connectivity index (χ4v) is 2.89. The van der Waals surface area contributed by atoms with E-state index in [-0.39, 0.29) is 24.8 Å². The third-order valence-electron chi connectivity index (χ3n) is 3.85. The molecule has 0 unspecified atom stereocenters. The van der Waals surface area contributed by atoms with Gasteiger partial charge >= 0.3 is 0 Å². The molecule has 1 saturated heterocycles. The molecule has 5 nitrogen and oxygen atoms in total. The number of nitrogens with two attached hydrogens (primary N) is 1. The number of piperazine rings is 1. The molecule has 1 aliphatic rings. The number of hydrogen-bond donors (Lipinski definition) is 2. The van der Waals surface area contributed by atoms with Crippen molar-refractivity contribution in [3.63, 3.8) is 0 Å². The molecule has 138 valence electrons. The molecule has 1 fully saturated rings. The molecule has 1 aromatic carbocycles. The quantitative estimate of drug-likeness (QED) is 0.800. The minimum absolute atomic E-state index is 0. The van der Waals surface area contributed by atoms with Crippen molar-refractivity contribution < 1.29 is 4.74 Å². The van der Waals surface area contributed by atoms with Crippen LogP contribution in [0.5, 0.6) is 5.75 Å². The summed E-state index contributed by atoms with van der Waals surface area (Å²) in [5.74, 6) is 1.50. The number of benzene rings is 1. The summed E-state index contributed by atoms with van der Waals surface area (Å²) in [6, 6.07) is 9.88. The van der Waals surface area contributed by atoms with E-state index < -0.39 is 0 Å². The summed E-state index contributed by atoms with van der Waals surface area (Å²) in [7, 11) is 0. The highest BCUT2D eigenvalue weighted by Gasteiger charge is 2.15. The zero-order valence-electron chi connectivity index (χ0n) is 13.8. The van der Waals surface area contributed by atoms with E-state index in [1.54, 1.807) is 6.20 Å². The fourth-order valence-electron chi connectivity index (χ4n) is 2.61. The highest BCUT2D eigenvalue weighted by Crippen LogP contribution is 2.27. The van der Waals surface area contributed by atoms with E-state index in [9.17, 15) is 0 Å². The average Bonchev–Trinajstić information content (AvgIpc) is 2.61. The van der Waals surface area contributed by atoms with E-state index in [1.165, 1.54) is 0 Å². The first-order valence-electron chi connectivity index (χ1n) is 7.78. The lowest BCUT2D eigenvalue weighted by Gasteiger charge is -2.29. The van der Waals surface area contributed by atoms with Crippen LogP contribution in [0.15, 0.2) is 36.5 Å². The van der Waals surface area contributed by atoms with Crippen LogP contribution in [0.4, 0.5) is 5.82 Å². The van der Waals surface area contributed by atoms with Crippen LogP contribution in [0.3, 0.4) is 0 Å². The lowest BCUT2D eigenvalue weighted by atomic mass is 10.1. The Balaban J connectivity index is 0.00000156. The number of rotatable bonds is 5. The Bertz CT molecular complexity index is 666. The molecule has 0 spiro atoms. The van der Waals surface area contributed by atoms with Crippen molar-refractivity contribution in [3.05, 3.63) is 52.7 Å². The van der Waals surface area contributed by atoms with Gasteiger partial charge in [-0.3, -0.25) is 0 Å². The van der Waals surface area contributed by atoms with Gasteiger partial charge in [0.05, 0.1) is 11.2 Å². The number of nitrogens with one attached hydrogen (secondary N) is 1. The molecule has 1 aliphatic heterocycles. The first kappa shape index (κ1) is 21.8. The molecule has 1 aromatic heterocycles. The number of halogens is 3. The second-order valence-corrected chi connectivity index (χ2v) is 5.93. The zero-order valence-corrected chi connectivity index (χ0v) is 16.2. The highest BCUT2D eigenvalue weighted by molar-refractivity contribution is 6.33. The predicted octanol–water partition coefficient (Wildman–Crippen LogP) is 3.03. The maximum absolute atomic E-state index is 6.37. The van der Waals surface area contributed by atoms with Crippen LogP contribution in [0.25, 0.3) is 0 Å². The molecule has 2 heterocycles. The lowest BCUT2D eigenvalue weighted by molar-refractivity contribution is 0.305. The van der Waals surface area contributed by atoms with Gasteiger partial charge in [0.15, 0.2) is 0 Å². The lowest BCUT2D eigenvalue weighted by Crippen LogP contribution is -2.44. The summed E-state index contributed by atoms with van der Waals surface area (Å²) >= 11 is 6.37. The third kappa shape index (κ3) is 5.90. The smallest absolute Gasteiger partial charge is 0.147 e. The maximum atomic E-state index is 6.37. The summed E-state index contributed by atoms with van der Waals surface area (Å²) < 4.78 is 5.80. The van der Waals surface area contributed by atoms with Gasteiger partial charge in [0.25, 0.3) is 0 Å². The normalized spacial score (nSPS) is 13.6. The highest BCUT2D eigenvalue weighted by atomic mass is 35.5. The van der Waals surface area contributed by atoms with Crippen molar-refractivity contribution in [2.24, 2.45) is 5.73 Å². The number of aromatic nitrogens is 1. The Morgan fingerprint density at radius 2 is 1.88 bits per heavy atom. The van der Waals surface area contributed by atoms with Crippen LogP contribution < -0.4 is 20.7 Å². The summed E-state index contributed by atoms with van der Waals surface area (Å²) in [5, 5.41) is 3.94. The van der Waals surface area contributed by atoms with Crippen LogP contribution in [0.1, 0.15) is 11.1 Å². The number of nitrogens with zero attached hydrogens (tertiary/aromatic N) is 2. The first-order valence-corrected chi connectivity index (χ1v) is 8.16. The Morgan fingerprint density at radius 3 is 2.56 bits per heavy atom. The molecule has 0 radical (unpaired) electrons. The largest absolute Gasteiger partial charge is 0.487 e. The second kappa shape index (κ2) is 10.7. The Morgan fingerprint density at radius 1 is 1.16 bits per heavy atom. The monoisotopic (exact) mass is 404 g/mol.